The highest BCUT2D eigenvalue weighted by atomic mass is 15.2. The molecule has 5 heterocycles. The first-order valence-electron chi connectivity index (χ1n) is 13.8. The van der Waals surface area contributed by atoms with Gasteiger partial charge in [0.05, 0.1) is 27.9 Å². The third-order valence-corrected chi connectivity index (χ3v) is 8.91. The van der Waals surface area contributed by atoms with E-state index in [2.05, 4.69) is 135 Å². The van der Waals surface area contributed by atoms with Crippen molar-refractivity contribution in [1.82, 2.24) is 14.0 Å². The van der Waals surface area contributed by atoms with Crippen molar-refractivity contribution in [2.24, 2.45) is 0 Å². The summed E-state index contributed by atoms with van der Waals surface area (Å²) >= 11 is 0. The predicted octanol–water partition coefficient (Wildman–Crippen LogP) is 7.66. The fourth-order valence-electron chi connectivity index (χ4n) is 7.38. The lowest BCUT2D eigenvalue weighted by molar-refractivity contribution is 1.17. The van der Waals surface area contributed by atoms with Crippen LogP contribution in [-0.2, 0) is 0 Å². The van der Waals surface area contributed by atoms with Gasteiger partial charge in [0.1, 0.15) is 0 Å². The molecule has 10 rings (SSSR count). The molecule has 0 fully saturated rings. The molecule has 5 aromatic carbocycles. The summed E-state index contributed by atoms with van der Waals surface area (Å²) < 4.78 is 4.91. The number of para-hydroxylation sites is 4. The molecule has 5 heteroatoms. The topological polar surface area (TPSA) is 26.0 Å². The van der Waals surface area contributed by atoms with Crippen molar-refractivity contribution in [3.8, 4) is 16.9 Å². The molecule has 2 aliphatic heterocycles. The summed E-state index contributed by atoms with van der Waals surface area (Å²) in [5.41, 5.74) is 12.0. The Kier molecular flexibility index (Phi) is 3.73. The van der Waals surface area contributed by atoms with E-state index in [0.717, 1.165) is 11.4 Å². The number of nitrogens with zero attached hydrogens (tertiary/aromatic N) is 4. The van der Waals surface area contributed by atoms with E-state index in [1.54, 1.807) is 0 Å². The van der Waals surface area contributed by atoms with E-state index in [0.29, 0.717) is 0 Å². The van der Waals surface area contributed by atoms with E-state index >= 15 is 0 Å². The highest BCUT2D eigenvalue weighted by Crippen LogP contribution is 2.49. The maximum Gasteiger partial charge on any atom is 0.423 e. The van der Waals surface area contributed by atoms with Gasteiger partial charge in [0.25, 0.3) is 0 Å². The number of hydrogen-bond acceptors (Lipinski definition) is 2. The molecule has 4 nitrogen and oxygen atoms in total. The van der Waals surface area contributed by atoms with Gasteiger partial charge in [-0.05, 0) is 54.0 Å². The first kappa shape index (κ1) is 20.6. The lowest BCUT2D eigenvalue weighted by Crippen LogP contribution is -2.51. The van der Waals surface area contributed by atoms with E-state index < -0.39 is 0 Å². The monoisotopic (exact) mass is 508 g/mol. The quantitative estimate of drug-likeness (QED) is 0.213. The van der Waals surface area contributed by atoms with Gasteiger partial charge in [-0.2, -0.15) is 0 Å². The van der Waals surface area contributed by atoms with Crippen LogP contribution < -0.4 is 10.3 Å². The fourth-order valence-corrected chi connectivity index (χ4v) is 7.38. The number of rotatable bonds is 1. The largest absolute Gasteiger partial charge is 0.423 e. The SMILES string of the molecule is c1cnc2c(c1)B1N(c3ccc(-n4c5ccccc5c5ccccc54)cc3-2)c2cccc3c4ccccc4n1c23. The minimum absolute atomic E-state index is 0.0232. The zero-order valence-electron chi connectivity index (χ0n) is 21.5. The van der Waals surface area contributed by atoms with Crippen LogP contribution in [0.3, 0.4) is 0 Å². The molecule has 0 amide bonds. The summed E-state index contributed by atoms with van der Waals surface area (Å²) in [5.74, 6) is 0. The zero-order chi connectivity index (χ0) is 25.9. The van der Waals surface area contributed by atoms with Crippen molar-refractivity contribution in [2.75, 3.05) is 4.81 Å². The summed E-state index contributed by atoms with van der Waals surface area (Å²) in [6, 6.07) is 44.1. The summed E-state index contributed by atoms with van der Waals surface area (Å²) in [6.07, 6.45) is 1.93. The summed E-state index contributed by atoms with van der Waals surface area (Å²) in [7, 11) is 0. The minimum atomic E-state index is 0.0232. The van der Waals surface area contributed by atoms with E-state index in [4.69, 9.17) is 4.98 Å². The Morgan fingerprint density at radius 3 is 2.00 bits per heavy atom. The van der Waals surface area contributed by atoms with E-state index in [9.17, 15) is 0 Å². The van der Waals surface area contributed by atoms with Gasteiger partial charge in [-0.15, -0.1) is 0 Å². The van der Waals surface area contributed by atoms with Crippen molar-refractivity contribution >= 4 is 67.4 Å². The molecule has 0 bridgehead atoms. The third-order valence-electron chi connectivity index (χ3n) is 8.91. The Balaban J connectivity index is 1.29. The van der Waals surface area contributed by atoms with Gasteiger partial charge in [0.15, 0.2) is 0 Å². The Morgan fingerprint density at radius 1 is 0.550 bits per heavy atom. The molecule has 0 saturated carbocycles. The predicted molar refractivity (Wildman–Crippen MR) is 166 cm³/mol. The van der Waals surface area contributed by atoms with Gasteiger partial charge in [-0.1, -0.05) is 72.8 Å². The number of anilines is 2. The van der Waals surface area contributed by atoms with Crippen molar-refractivity contribution in [3.05, 3.63) is 128 Å². The number of pyridine rings is 1. The van der Waals surface area contributed by atoms with Gasteiger partial charge in [0.2, 0.25) is 0 Å². The molecule has 40 heavy (non-hydrogen) atoms. The van der Waals surface area contributed by atoms with Crippen LogP contribution in [0.5, 0.6) is 0 Å². The third kappa shape index (κ3) is 2.37. The van der Waals surface area contributed by atoms with Crippen LogP contribution in [0.2, 0.25) is 0 Å². The number of hydrogen-bond donors (Lipinski definition) is 0. The second kappa shape index (κ2) is 7.22. The summed E-state index contributed by atoms with van der Waals surface area (Å²) in [6.45, 7) is 0.0232. The van der Waals surface area contributed by atoms with Crippen LogP contribution in [0.1, 0.15) is 0 Å². The van der Waals surface area contributed by atoms with Gasteiger partial charge < -0.3 is 13.9 Å². The van der Waals surface area contributed by atoms with Crippen molar-refractivity contribution in [2.45, 2.75) is 0 Å². The summed E-state index contributed by atoms with van der Waals surface area (Å²) in [4.78, 5) is 7.53. The maximum absolute atomic E-state index is 5.01. The first-order valence-corrected chi connectivity index (χ1v) is 13.8. The van der Waals surface area contributed by atoms with E-state index in [-0.39, 0.29) is 6.98 Å². The second-order valence-electron chi connectivity index (χ2n) is 10.8. The Labute approximate surface area is 230 Å². The average Bonchev–Trinajstić information content (AvgIpc) is 3.66. The van der Waals surface area contributed by atoms with Crippen molar-refractivity contribution < 1.29 is 0 Å². The van der Waals surface area contributed by atoms with Gasteiger partial charge in [-0.25, -0.2) is 0 Å². The van der Waals surface area contributed by atoms with Crippen LogP contribution in [0.15, 0.2) is 128 Å². The molecule has 0 radical (unpaired) electrons. The molecule has 0 atom stereocenters. The molecule has 0 saturated heterocycles. The zero-order valence-corrected chi connectivity index (χ0v) is 21.5. The molecule has 0 unspecified atom stereocenters. The number of aromatic nitrogens is 3. The lowest BCUT2D eigenvalue weighted by Gasteiger charge is -2.34. The fraction of sp³-hybridized carbons (Fsp3) is 0. The highest BCUT2D eigenvalue weighted by molar-refractivity contribution is 6.82. The van der Waals surface area contributed by atoms with Crippen molar-refractivity contribution in [1.29, 1.82) is 0 Å². The van der Waals surface area contributed by atoms with Crippen LogP contribution >= 0.6 is 0 Å². The average molecular weight is 508 g/mol. The molecule has 2 aliphatic rings. The van der Waals surface area contributed by atoms with E-state index in [1.165, 1.54) is 66.0 Å². The molecular formula is C35H21BN4. The van der Waals surface area contributed by atoms with E-state index in [1.807, 2.05) is 6.20 Å². The molecule has 0 N–H and O–H groups in total. The Bertz CT molecular complexity index is 2310. The van der Waals surface area contributed by atoms with Gasteiger partial charge >= 0.3 is 6.98 Å². The summed E-state index contributed by atoms with van der Waals surface area (Å²) in [5, 5.41) is 5.15. The highest BCUT2D eigenvalue weighted by Gasteiger charge is 2.45. The lowest BCUT2D eigenvalue weighted by atomic mass is 9.61. The van der Waals surface area contributed by atoms with Crippen LogP contribution in [0.4, 0.5) is 11.4 Å². The second-order valence-corrected chi connectivity index (χ2v) is 10.8. The molecule has 8 aromatic rings. The minimum Gasteiger partial charge on any atom is -0.359 e. The van der Waals surface area contributed by atoms with Crippen molar-refractivity contribution in [3.63, 3.8) is 0 Å². The molecular weight excluding hydrogens is 487 g/mol. The van der Waals surface area contributed by atoms with Crippen LogP contribution in [0, 0.1) is 0 Å². The standard InChI is InChI=1S/C35H21BN4/c1-4-14-29-23(9-1)24-10-2-5-15-30(24)38(29)22-18-19-32-27(21-22)34-28(13-8-20-37-34)36-39(32)33-17-7-12-26-25-11-3-6-16-31(25)40(36)35(26)33/h1-21H. The molecule has 184 valence electrons. The molecule has 0 spiro atoms. The van der Waals surface area contributed by atoms with Crippen LogP contribution in [0.25, 0.3) is 60.6 Å². The van der Waals surface area contributed by atoms with Crippen LogP contribution in [-0.4, -0.2) is 21.0 Å². The molecule has 3 aromatic heterocycles. The Morgan fingerprint density at radius 2 is 1.23 bits per heavy atom. The Hall–Kier alpha value is -5.29. The number of benzene rings is 5. The molecule has 0 aliphatic carbocycles. The first-order chi connectivity index (χ1) is 19.9. The maximum atomic E-state index is 5.01. The van der Waals surface area contributed by atoms with Gasteiger partial charge in [-0.3, -0.25) is 4.98 Å². The van der Waals surface area contributed by atoms with Gasteiger partial charge in [0, 0.05) is 50.2 Å². The number of fused-ring (bicyclic) bond motifs is 14. The normalized spacial score (nSPS) is 13.4. The smallest absolute Gasteiger partial charge is 0.359 e.